The quantitative estimate of drug-likeness (QED) is 0.412. The van der Waals surface area contributed by atoms with Gasteiger partial charge in [-0.25, -0.2) is 4.79 Å². The van der Waals surface area contributed by atoms with Crippen molar-refractivity contribution in [2.24, 2.45) is 0 Å². The molecule has 0 aliphatic heterocycles. The van der Waals surface area contributed by atoms with Crippen molar-refractivity contribution in [3.63, 3.8) is 0 Å². The van der Waals surface area contributed by atoms with Crippen molar-refractivity contribution < 1.29 is 24.1 Å². The molecule has 0 aliphatic carbocycles. The Kier molecular flexibility index (Phi) is 7.50. The number of methoxy groups -OCH3 is 2. The van der Waals surface area contributed by atoms with Crippen molar-refractivity contribution in [2.45, 2.75) is 13.2 Å². The van der Waals surface area contributed by atoms with Crippen LogP contribution in [0.1, 0.15) is 21.5 Å². The first-order valence-electron chi connectivity index (χ1n) is 9.30. The van der Waals surface area contributed by atoms with Crippen LogP contribution in [0, 0.1) is 0 Å². The molecule has 0 aliphatic rings. The van der Waals surface area contributed by atoms with Crippen molar-refractivity contribution in [3.8, 4) is 17.2 Å². The normalized spacial score (nSPS) is 10.5. The molecule has 0 amide bonds. The molecule has 0 unspecified atom stereocenters. The average molecular weight is 462 g/mol. The molecular formula is C23H21Cl2NO5. The third-order valence-corrected chi connectivity index (χ3v) is 5.01. The number of carboxylic acid groups (broad SMARTS) is 1. The highest BCUT2D eigenvalue weighted by Crippen LogP contribution is 2.37. The second-order valence-electron chi connectivity index (χ2n) is 6.60. The molecule has 3 aromatic rings. The molecule has 3 aromatic carbocycles. The fraction of sp³-hybridized carbons (Fsp3) is 0.174. The van der Waals surface area contributed by atoms with E-state index in [9.17, 15) is 9.90 Å². The monoisotopic (exact) mass is 461 g/mol. The molecule has 0 bridgehead atoms. The van der Waals surface area contributed by atoms with Crippen molar-refractivity contribution >= 4 is 34.9 Å². The average Bonchev–Trinajstić information content (AvgIpc) is 2.76. The number of rotatable bonds is 9. The van der Waals surface area contributed by atoms with Crippen LogP contribution in [0.4, 0.5) is 5.69 Å². The molecule has 0 saturated heterocycles. The highest BCUT2D eigenvalue weighted by Gasteiger charge is 2.14. The van der Waals surface area contributed by atoms with Crippen molar-refractivity contribution in [1.29, 1.82) is 0 Å². The van der Waals surface area contributed by atoms with Gasteiger partial charge in [0.25, 0.3) is 0 Å². The van der Waals surface area contributed by atoms with Gasteiger partial charge in [0.1, 0.15) is 12.4 Å². The first kappa shape index (κ1) is 22.6. The maximum atomic E-state index is 11.3. The first-order valence-corrected chi connectivity index (χ1v) is 10.1. The lowest BCUT2D eigenvalue weighted by atomic mass is 10.1. The van der Waals surface area contributed by atoms with E-state index in [1.165, 1.54) is 26.4 Å². The van der Waals surface area contributed by atoms with E-state index in [1.807, 2.05) is 18.2 Å². The Bertz CT molecular complexity index is 1090. The Hall–Kier alpha value is -3.09. The van der Waals surface area contributed by atoms with E-state index in [1.54, 1.807) is 24.3 Å². The molecule has 6 nitrogen and oxygen atoms in total. The van der Waals surface area contributed by atoms with E-state index < -0.39 is 5.97 Å². The largest absolute Gasteiger partial charge is 0.495 e. The third-order valence-electron chi connectivity index (χ3n) is 4.49. The number of aromatic carboxylic acids is 1. The summed E-state index contributed by atoms with van der Waals surface area (Å²) in [5.74, 6) is 0.428. The second kappa shape index (κ2) is 10.3. The van der Waals surface area contributed by atoms with Gasteiger partial charge in [-0.1, -0.05) is 35.3 Å². The smallest absolute Gasteiger partial charge is 0.335 e. The van der Waals surface area contributed by atoms with Crippen LogP contribution in [0.3, 0.4) is 0 Å². The van der Waals surface area contributed by atoms with Gasteiger partial charge in [-0.15, -0.1) is 0 Å². The zero-order valence-electron chi connectivity index (χ0n) is 16.9. The van der Waals surface area contributed by atoms with Gasteiger partial charge in [-0.3, -0.25) is 0 Å². The van der Waals surface area contributed by atoms with Gasteiger partial charge in [0.15, 0.2) is 11.5 Å². The van der Waals surface area contributed by atoms with Crippen LogP contribution in [-0.2, 0) is 13.2 Å². The van der Waals surface area contributed by atoms with Gasteiger partial charge in [-0.05, 0) is 53.6 Å². The number of hydrogen-bond donors (Lipinski definition) is 2. The first-order chi connectivity index (χ1) is 14.9. The maximum Gasteiger partial charge on any atom is 0.335 e. The molecule has 0 saturated carbocycles. The topological polar surface area (TPSA) is 77.0 Å². The van der Waals surface area contributed by atoms with Crippen molar-refractivity contribution in [1.82, 2.24) is 0 Å². The summed E-state index contributed by atoms with van der Waals surface area (Å²) < 4.78 is 16.6. The van der Waals surface area contributed by atoms with E-state index in [2.05, 4.69) is 5.32 Å². The van der Waals surface area contributed by atoms with Crippen LogP contribution < -0.4 is 19.5 Å². The summed E-state index contributed by atoms with van der Waals surface area (Å²) in [6, 6.07) is 15.5. The van der Waals surface area contributed by atoms with Gasteiger partial charge in [0.2, 0.25) is 0 Å². The molecule has 8 heteroatoms. The minimum atomic E-state index is -1.02. The number of benzene rings is 3. The second-order valence-corrected chi connectivity index (χ2v) is 7.45. The molecular weight excluding hydrogens is 441 g/mol. The lowest BCUT2D eigenvalue weighted by Crippen LogP contribution is -2.05. The summed E-state index contributed by atoms with van der Waals surface area (Å²) in [6.45, 7) is 0.650. The molecule has 0 radical (unpaired) electrons. The molecule has 0 atom stereocenters. The van der Waals surface area contributed by atoms with E-state index in [0.29, 0.717) is 39.5 Å². The highest BCUT2D eigenvalue weighted by molar-refractivity contribution is 6.32. The lowest BCUT2D eigenvalue weighted by molar-refractivity contribution is 0.0697. The Morgan fingerprint density at radius 1 is 0.968 bits per heavy atom. The van der Waals surface area contributed by atoms with Crippen LogP contribution in [0.15, 0.2) is 54.6 Å². The van der Waals surface area contributed by atoms with E-state index >= 15 is 0 Å². The zero-order chi connectivity index (χ0) is 22.4. The van der Waals surface area contributed by atoms with E-state index in [4.69, 9.17) is 37.4 Å². The molecule has 0 fully saturated rings. The minimum Gasteiger partial charge on any atom is -0.495 e. The van der Waals surface area contributed by atoms with Gasteiger partial charge >= 0.3 is 5.97 Å². The van der Waals surface area contributed by atoms with Crippen LogP contribution in [-0.4, -0.2) is 25.3 Å². The van der Waals surface area contributed by atoms with Gasteiger partial charge in [-0.2, -0.15) is 0 Å². The van der Waals surface area contributed by atoms with Crippen LogP contribution in [0.25, 0.3) is 0 Å². The standard InChI is InChI=1S/C23H21Cl2NO5/c1-29-20-7-6-16(23(27)28)11-19(20)26-12-15-9-18(25)22(21(10-15)30-2)31-13-14-4-3-5-17(24)8-14/h3-11,26H,12-13H2,1-2H3,(H,27,28). The number of anilines is 1. The van der Waals surface area contributed by atoms with Crippen molar-refractivity contribution in [2.75, 3.05) is 19.5 Å². The fourth-order valence-corrected chi connectivity index (χ4v) is 3.47. The van der Waals surface area contributed by atoms with Crippen molar-refractivity contribution in [3.05, 3.63) is 81.3 Å². The van der Waals surface area contributed by atoms with Crippen LogP contribution in [0.5, 0.6) is 17.2 Å². The SMILES string of the molecule is COc1ccc(C(=O)O)cc1NCc1cc(Cl)c(OCc2cccc(Cl)c2)c(OC)c1. The summed E-state index contributed by atoms with van der Waals surface area (Å²) in [4.78, 5) is 11.3. The molecule has 2 N–H and O–H groups in total. The fourth-order valence-electron chi connectivity index (χ4n) is 2.97. The zero-order valence-corrected chi connectivity index (χ0v) is 18.5. The molecule has 162 valence electrons. The number of halogens is 2. The number of ether oxygens (including phenoxy) is 3. The Balaban J connectivity index is 1.77. The number of carboxylic acids is 1. The van der Waals surface area contributed by atoms with Gasteiger partial charge < -0.3 is 24.6 Å². The van der Waals surface area contributed by atoms with Crippen LogP contribution in [0.2, 0.25) is 10.0 Å². The molecule has 31 heavy (non-hydrogen) atoms. The predicted octanol–water partition coefficient (Wildman–Crippen LogP) is 5.90. The Labute approximate surface area is 190 Å². The molecule has 0 aromatic heterocycles. The predicted molar refractivity (Wildman–Crippen MR) is 121 cm³/mol. The van der Waals surface area contributed by atoms with Crippen LogP contribution >= 0.6 is 23.2 Å². The van der Waals surface area contributed by atoms with Gasteiger partial charge in [0, 0.05) is 11.6 Å². The van der Waals surface area contributed by atoms with E-state index in [0.717, 1.165) is 11.1 Å². The number of hydrogen-bond acceptors (Lipinski definition) is 5. The summed E-state index contributed by atoms with van der Waals surface area (Å²) in [5, 5.41) is 13.4. The summed E-state index contributed by atoms with van der Waals surface area (Å²) in [7, 11) is 3.06. The molecule has 0 heterocycles. The maximum absolute atomic E-state index is 11.3. The Morgan fingerprint density at radius 3 is 2.42 bits per heavy atom. The molecule has 0 spiro atoms. The summed E-state index contributed by atoms with van der Waals surface area (Å²) >= 11 is 12.5. The number of nitrogens with one attached hydrogen (secondary N) is 1. The Morgan fingerprint density at radius 2 is 1.74 bits per heavy atom. The third kappa shape index (κ3) is 5.75. The highest BCUT2D eigenvalue weighted by atomic mass is 35.5. The van der Waals surface area contributed by atoms with Gasteiger partial charge in [0.05, 0.1) is 30.5 Å². The summed E-state index contributed by atoms with van der Waals surface area (Å²) in [6.07, 6.45) is 0. The number of carbonyl (C=O) groups is 1. The minimum absolute atomic E-state index is 0.156. The van der Waals surface area contributed by atoms with E-state index in [-0.39, 0.29) is 12.2 Å². The summed E-state index contributed by atoms with van der Waals surface area (Å²) in [5.41, 5.74) is 2.43. The molecule has 3 rings (SSSR count). The lowest BCUT2D eigenvalue weighted by Gasteiger charge is -2.16.